The Morgan fingerprint density at radius 3 is 2.43 bits per heavy atom. The first kappa shape index (κ1) is 14.9. The fraction of sp³-hybridized carbons (Fsp3) is 0.450. The van der Waals surface area contributed by atoms with Crippen LogP contribution in [0.25, 0.3) is 0 Å². The van der Waals surface area contributed by atoms with Crippen molar-refractivity contribution in [2.24, 2.45) is 0 Å². The van der Waals surface area contributed by atoms with Gasteiger partial charge in [-0.05, 0) is 49.8 Å². The van der Waals surface area contributed by atoms with Gasteiger partial charge in [-0.15, -0.1) is 0 Å². The van der Waals surface area contributed by atoms with E-state index in [1.807, 2.05) is 6.07 Å². The zero-order valence-corrected chi connectivity index (χ0v) is 13.7. The summed E-state index contributed by atoms with van der Waals surface area (Å²) in [6, 6.07) is 15.6. The lowest BCUT2D eigenvalue weighted by molar-refractivity contribution is -0.0627. The Labute approximate surface area is 138 Å². The Kier molecular flexibility index (Phi) is 3.70. The van der Waals surface area contributed by atoms with Gasteiger partial charge in [-0.25, -0.2) is 0 Å². The van der Waals surface area contributed by atoms with Crippen molar-refractivity contribution in [1.82, 2.24) is 9.88 Å². The summed E-state index contributed by atoms with van der Waals surface area (Å²) < 4.78 is 0. The second-order valence-corrected chi connectivity index (χ2v) is 7.15. The molecule has 0 amide bonds. The lowest BCUT2D eigenvalue weighted by atomic mass is 9.81. The standard InChI is InChI=1S/C20H24N2O/c1-15-6-5-11-21-19(15)20(23)12-17-9-10-18(13-20)22(17)14-16-7-3-2-4-8-16/h2-8,11,17-18,23H,9-10,12-14H2,1H3. The highest BCUT2D eigenvalue weighted by atomic mass is 16.3. The van der Waals surface area contributed by atoms with Crippen molar-refractivity contribution in [3.8, 4) is 0 Å². The van der Waals surface area contributed by atoms with Gasteiger partial charge in [0, 0.05) is 24.8 Å². The number of rotatable bonds is 3. The summed E-state index contributed by atoms with van der Waals surface area (Å²) in [7, 11) is 0. The van der Waals surface area contributed by atoms with Gasteiger partial charge in [0.2, 0.25) is 0 Å². The molecule has 0 aliphatic carbocycles. The van der Waals surface area contributed by atoms with Gasteiger partial charge in [-0.1, -0.05) is 36.4 Å². The fourth-order valence-corrected chi connectivity index (χ4v) is 4.53. The van der Waals surface area contributed by atoms with E-state index in [-0.39, 0.29) is 0 Å². The summed E-state index contributed by atoms with van der Waals surface area (Å²) >= 11 is 0. The summed E-state index contributed by atoms with van der Waals surface area (Å²) in [5.41, 5.74) is 2.59. The molecule has 2 atom stereocenters. The van der Waals surface area contributed by atoms with Gasteiger partial charge in [-0.3, -0.25) is 9.88 Å². The molecular formula is C20H24N2O. The molecule has 1 aromatic carbocycles. The second-order valence-electron chi connectivity index (χ2n) is 7.15. The van der Waals surface area contributed by atoms with Crippen molar-refractivity contribution in [2.75, 3.05) is 0 Å². The van der Waals surface area contributed by atoms with E-state index in [1.165, 1.54) is 18.4 Å². The molecule has 3 nitrogen and oxygen atoms in total. The highest BCUT2D eigenvalue weighted by molar-refractivity contribution is 5.26. The van der Waals surface area contributed by atoms with E-state index >= 15 is 0 Å². The van der Waals surface area contributed by atoms with Gasteiger partial charge >= 0.3 is 0 Å². The van der Waals surface area contributed by atoms with E-state index in [0.29, 0.717) is 12.1 Å². The number of hydrogen-bond donors (Lipinski definition) is 1. The van der Waals surface area contributed by atoms with Crippen LogP contribution >= 0.6 is 0 Å². The summed E-state index contributed by atoms with van der Waals surface area (Å²) in [6.07, 6.45) is 5.78. The molecule has 1 aromatic heterocycles. The average Bonchev–Trinajstić information content (AvgIpc) is 2.80. The minimum atomic E-state index is -0.760. The predicted molar refractivity (Wildman–Crippen MR) is 90.9 cm³/mol. The van der Waals surface area contributed by atoms with Crippen molar-refractivity contribution in [1.29, 1.82) is 0 Å². The molecule has 3 heteroatoms. The van der Waals surface area contributed by atoms with Crippen LogP contribution in [-0.4, -0.2) is 27.1 Å². The van der Waals surface area contributed by atoms with Crippen LogP contribution in [0.1, 0.15) is 42.5 Å². The molecule has 120 valence electrons. The molecule has 2 aromatic rings. The van der Waals surface area contributed by atoms with Gasteiger partial charge < -0.3 is 5.11 Å². The maximum atomic E-state index is 11.3. The maximum Gasteiger partial charge on any atom is 0.110 e. The zero-order valence-electron chi connectivity index (χ0n) is 13.7. The molecule has 0 saturated carbocycles. The number of hydrogen-bond acceptors (Lipinski definition) is 3. The monoisotopic (exact) mass is 308 g/mol. The van der Waals surface area contributed by atoms with Crippen molar-refractivity contribution in [3.05, 3.63) is 65.5 Å². The zero-order chi connectivity index (χ0) is 15.9. The number of pyridine rings is 1. The third kappa shape index (κ3) is 2.68. The summed E-state index contributed by atoms with van der Waals surface area (Å²) in [4.78, 5) is 7.11. The number of aliphatic hydroxyl groups is 1. The largest absolute Gasteiger partial charge is 0.383 e. The molecule has 2 aliphatic heterocycles. The van der Waals surface area contributed by atoms with E-state index in [2.05, 4.69) is 53.2 Å². The molecule has 1 N–H and O–H groups in total. The first-order valence-corrected chi connectivity index (χ1v) is 8.60. The van der Waals surface area contributed by atoms with Crippen LogP contribution in [-0.2, 0) is 12.1 Å². The van der Waals surface area contributed by atoms with Crippen LogP contribution in [0.3, 0.4) is 0 Å². The normalized spacial score (nSPS) is 30.5. The minimum absolute atomic E-state index is 0.459. The van der Waals surface area contributed by atoms with Crippen molar-refractivity contribution in [2.45, 2.75) is 56.8 Å². The molecule has 3 heterocycles. The Hall–Kier alpha value is -1.71. The fourth-order valence-electron chi connectivity index (χ4n) is 4.53. The first-order valence-electron chi connectivity index (χ1n) is 8.60. The molecule has 2 fully saturated rings. The van der Waals surface area contributed by atoms with Gasteiger partial charge in [-0.2, -0.15) is 0 Å². The van der Waals surface area contributed by atoms with Crippen LogP contribution in [0.2, 0.25) is 0 Å². The van der Waals surface area contributed by atoms with E-state index in [0.717, 1.165) is 30.6 Å². The van der Waals surface area contributed by atoms with Crippen molar-refractivity contribution >= 4 is 0 Å². The Morgan fingerprint density at radius 1 is 1.09 bits per heavy atom. The third-order valence-corrected chi connectivity index (χ3v) is 5.58. The molecule has 23 heavy (non-hydrogen) atoms. The molecule has 4 rings (SSSR count). The molecule has 2 saturated heterocycles. The quantitative estimate of drug-likeness (QED) is 0.944. The molecule has 0 radical (unpaired) electrons. The average molecular weight is 308 g/mol. The number of aryl methyl sites for hydroxylation is 1. The molecule has 0 spiro atoms. The van der Waals surface area contributed by atoms with Crippen molar-refractivity contribution in [3.63, 3.8) is 0 Å². The Morgan fingerprint density at radius 2 is 1.78 bits per heavy atom. The van der Waals surface area contributed by atoms with E-state index in [1.54, 1.807) is 6.20 Å². The molecule has 2 bridgehead atoms. The highest BCUT2D eigenvalue weighted by Gasteiger charge is 2.49. The van der Waals surface area contributed by atoms with Crippen LogP contribution in [0.15, 0.2) is 48.7 Å². The second kappa shape index (κ2) is 5.73. The van der Waals surface area contributed by atoms with Gasteiger partial charge in [0.05, 0.1) is 5.69 Å². The smallest absolute Gasteiger partial charge is 0.110 e. The third-order valence-electron chi connectivity index (χ3n) is 5.58. The van der Waals surface area contributed by atoms with Crippen LogP contribution < -0.4 is 0 Å². The predicted octanol–water partition coefficient (Wildman–Crippen LogP) is 3.40. The number of aromatic nitrogens is 1. The summed E-state index contributed by atoms with van der Waals surface area (Å²) in [5.74, 6) is 0. The summed E-state index contributed by atoms with van der Waals surface area (Å²) in [6.45, 7) is 3.05. The lowest BCUT2D eigenvalue weighted by Gasteiger charge is -2.44. The molecule has 2 aliphatic rings. The van der Waals surface area contributed by atoms with Crippen LogP contribution in [0.5, 0.6) is 0 Å². The maximum absolute atomic E-state index is 11.3. The SMILES string of the molecule is Cc1cccnc1C1(O)CC2CCC(C1)N2Cc1ccccc1. The lowest BCUT2D eigenvalue weighted by Crippen LogP contribution is -2.49. The number of benzene rings is 1. The summed E-state index contributed by atoms with van der Waals surface area (Å²) in [5, 5.41) is 11.3. The van der Waals surface area contributed by atoms with Crippen LogP contribution in [0.4, 0.5) is 0 Å². The number of fused-ring (bicyclic) bond motifs is 2. The Balaban J connectivity index is 1.57. The molecule has 2 unspecified atom stereocenters. The molecular weight excluding hydrogens is 284 g/mol. The van der Waals surface area contributed by atoms with E-state index in [4.69, 9.17) is 0 Å². The first-order chi connectivity index (χ1) is 11.2. The number of nitrogens with zero attached hydrogens (tertiary/aromatic N) is 2. The van der Waals surface area contributed by atoms with Gasteiger partial charge in [0.15, 0.2) is 0 Å². The topological polar surface area (TPSA) is 36.4 Å². The van der Waals surface area contributed by atoms with Gasteiger partial charge in [0.1, 0.15) is 5.60 Å². The van der Waals surface area contributed by atoms with E-state index < -0.39 is 5.60 Å². The van der Waals surface area contributed by atoms with Gasteiger partial charge in [0.25, 0.3) is 0 Å². The minimum Gasteiger partial charge on any atom is -0.383 e. The van der Waals surface area contributed by atoms with Crippen molar-refractivity contribution < 1.29 is 5.11 Å². The van der Waals surface area contributed by atoms with Crippen LogP contribution in [0, 0.1) is 6.92 Å². The Bertz CT molecular complexity index is 671. The number of piperidine rings is 1. The highest BCUT2D eigenvalue weighted by Crippen LogP contribution is 2.46. The van der Waals surface area contributed by atoms with E-state index in [9.17, 15) is 5.11 Å².